The quantitative estimate of drug-likeness (QED) is 0.606. The Bertz CT molecular complexity index is 960. The lowest BCUT2D eigenvalue weighted by molar-refractivity contribution is 0.574. The minimum absolute atomic E-state index is 0.435. The summed E-state index contributed by atoms with van der Waals surface area (Å²) < 4.78 is 5.37. The van der Waals surface area contributed by atoms with E-state index in [4.69, 9.17) is 9.40 Å². The molecule has 4 aromatic rings. The number of benzene rings is 2. The largest absolute Gasteiger partial charge is 0.445 e. The Kier molecular flexibility index (Phi) is 2.65. The molecule has 0 bridgehead atoms. The smallest absolute Gasteiger partial charge is 0.225 e. The van der Waals surface area contributed by atoms with Crippen molar-refractivity contribution in [1.82, 2.24) is 15.0 Å². The van der Waals surface area contributed by atoms with Crippen LogP contribution < -0.4 is 0 Å². The maximum Gasteiger partial charge on any atom is 0.225 e. The maximum atomic E-state index is 5.37. The van der Waals surface area contributed by atoms with Crippen LogP contribution in [0.3, 0.4) is 0 Å². The van der Waals surface area contributed by atoms with Gasteiger partial charge in [0.25, 0.3) is 0 Å². The fourth-order valence-corrected chi connectivity index (χ4v) is 3.47. The van der Waals surface area contributed by atoms with Gasteiger partial charge in [-0.3, -0.25) is 0 Å². The minimum Gasteiger partial charge on any atom is -0.445 e. The molecular formula is C19H15N3O. The van der Waals surface area contributed by atoms with Gasteiger partial charge in [0.05, 0.1) is 17.2 Å². The topological polar surface area (TPSA) is 54.7 Å². The van der Waals surface area contributed by atoms with Crippen LogP contribution in [0.1, 0.15) is 22.9 Å². The molecule has 4 heteroatoms. The Labute approximate surface area is 133 Å². The molecule has 0 spiro atoms. The predicted molar refractivity (Wildman–Crippen MR) is 88.2 cm³/mol. The third-order valence-corrected chi connectivity index (χ3v) is 4.62. The number of oxazole rings is 1. The molecule has 0 fully saturated rings. The summed E-state index contributed by atoms with van der Waals surface area (Å²) in [4.78, 5) is 12.5. The predicted octanol–water partition coefficient (Wildman–Crippen LogP) is 4.10. The Morgan fingerprint density at radius 2 is 1.87 bits per heavy atom. The van der Waals surface area contributed by atoms with Gasteiger partial charge in [0.2, 0.25) is 5.89 Å². The van der Waals surface area contributed by atoms with Crippen molar-refractivity contribution in [2.75, 3.05) is 0 Å². The van der Waals surface area contributed by atoms with Gasteiger partial charge in [-0.1, -0.05) is 24.3 Å². The molecule has 112 valence electrons. The highest BCUT2D eigenvalue weighted by Gasteiger charge is 2.25. The second kappa shape index (κ2) is 4.81. The summed E-state index contributed by atoms with van der Waals surface area (Å²) >= 11 is 0. The number of H-pyrrole nitrogens is 1. The van der Waals surface area contributed by atoms with Gasteiger partial charge in [-0.05, 0) is 42.2 Å². The van der Waals surface area contributed by atoms with Gasteiger partial charge in [0.15, 0.2) is 0 Å². The van der Waals surface area contributed by atoms with Crippen LogP contribution in [0, 0.1) is 0 Å². The summed E-state index contributed by atoms with van der Waals surface area (Å²) in [6, 6.07) is 14.8. The van der Waals surface area contributed by atoms with Crippen LogP contribution in [-0.2, 0) is 12.8 Å². The normalized spacial score (nSPS) is 14.4. The monoisotopic (exact) mass is 301 g/mol. The molecule has 4 nitrogen and oxygen atoms in total. The van der Waals surface area contributed by atoms with Crippen LogP contribution in [0.5, 0.6) is 0 Å². The van der Waals surface area contributed by atoms with Crippen molar-refractivity contribution in [2.45, 2.75) is 18.8 Å². The van der Waals surface area contributed by atoms with Crippen molar-refractivity contribution < 1.29 is 4.42 Å². The summed E-state index contributed by atoms with van der Waals surface area (Å²) in [5.74, 6) is 2.14. The SMILES string of the molecule is c1ccc2c(c1)CC(c1nc3ccc(-c4ncco4)cc3[nH]1)C2. The Hall–Kier alpha value is -2.88. The van der Waals surface area contributed by atoms with E-state index in [9.17, 15) is 0 Å². The van der Waals surface area contributed by atoms with E-state index in [1.807, 2.05) is 12.1 Å². The van der Waals surface area contributed by atoms with Crippen molar-refractivity contribution in [1.29, 1.82) is 0 Å². The molecule has 2 heterocycles. The van der Waals surface area contributed by atoms with Crippen molar-refractivity contribution in [2.24, 2.45) is 0 Å². The number of aromatic amines is 1. The lowest BCUT2D eigenvalue weighted by atomic mass is 10.1. The summed E-state index contributed by atoms with van der Waals surface area (Å²) in [7, 11) is 0. The third-order valence-electron chi connectivity index (χ3n) is 4.62. The van der Waals surface area contributed by atoms with Crippen LogP contribution in [0.4, 0.5) is 0 Å². The van der Waals surface area contributed by atoms with Gasteiger partial charge < -0.3 is 9.40 Å². The molecule has 23 heavy (non-hydrogen) atoms. The van der Waals surface area contributed by atoms with Crippen molar-refractivity contribution in [3.8, 4) is 11.5 Å². The van der Waals surface area contributed by atoms with Gasteiger partial charge in [-0.25, -0.2) is 9.97 Å². The molecule has 0 radical (unpaired) electrons. The molecule has 1 aliphatic rings. The van der Waals surface area contributed by atoms with Crippen LogP contribution in [-0.4, -0.2) is 15.0 Å². The number of fused-ring (bicyclic) bond motifs is 2. The zero-order chi connectivity index (χ0) is 15.2. The van der Waals surface area contributed by atoms with E-state index >= 15 is 0 Å². The third kappa shape index (κ3) is 2.06. The zero-order valence-electron chi connectivity index (χ0n) is 12.5. The molecule has 0 saturated heterocycles. The molecule has 0 aliphatic heterocycles. The van der Waals surface area contributed by atoms with Gasteiger partial charge >= 0.3 is 0 Å². The second-order valence-corrected chi connectivity index (χ2v) is 6.07. The highest BCUT2D eigenvalue weighted by Crippen LogP contribution is 2.33. The highest BCUT2D eigenvalue weighted by atomic mass is 16.3. The van der Waals surface area contributed by atoms with Gasteiger partial charge in [0.1, 0.15) is 12.1 Å². The number of nitrogens with zero attached hydrogens (tertiary/aromatic N) is 2. The average molecular weight is 301 g/mol. The first kappa shape index (κ1) is 12.6. The number of aromatic nitrogens is 3. The molecule has 2 aromatic heterocycles. The maximum absolute atomic E-state index is 5.37. The molecule has 0 atom stereocenters. The van der Waals surface area contributed by atoms with Crippen LogP contribution in [0.25, 0.3) is 22.5 Å². The Morgan fingerprint density at radius 1 is 1.04 bits per heavy atom. The fraction of sp³-hybridized carbons (Fsp3) is 0.158. The van der Waals surface area contributed by atoms with E-state index < -0.39 is 0 Å². The number of hydrogen-bond donors (Lipinski definition) is 1. The van der Waals surface area contributed by atoms with Gasteiger partial charge in [-0.2, -0.15) is 0 Å². The molecule has 1 aliphatic carbocycles. The zero-order valence-corrected chi connectivity index (χ0v) is 12.5. The second-order valence-electron chi connectivity index (χ2n) is 6.07. The summed E-state index contributed by atoms with van der Waals surface area (Å²) in [5, 5.41) is 0. The minimum atomic E-state index is 0.435. The van der Waals surface area contributed by atoms with Crippen molar-refractivity contribution in [3.63, 3.8) is 0 Å². The molecular weight excluding hydrogens is 286 g/mol. The van der Waals surface area contributed by atoms with Crippen LogP contribution in [0.15, 0.2) is 59.3 Å². The van der Waals surface area contributed by atoms with Gasteiger partial charge in [0, 0.05) is 11.5 Å². The molecule has 0 saturated carbocycles. The van der Waals surface area contributed by atoms with Crippen LogP contribution >= 0.6 is 0 Å². The Balaban J connectivity index is 1.52. The molecule has 5 rings (SSSR count). The molecule has 1 N–H and O–H groups in total. The van der Waals surface area contributed by atoms with E-state index in [0.717, 1.165) is 35.3 Å². The number of rotatable bonds is 2. The molecule has 2 aromatic carbocycles. The summed E-state index contributed by atoms with van der Waals surface area (Å²) in [6.07, 6.45) is 5.37. The first-order chi connectivity index (χ1) is 11.4. The summed E-state index contributed by atoms with van der Waals surface area (Å²) in [6.45, 7) is 0. The van der Waals surface area contributed by atoms with Crippen LogP contribution in [0.2, 0.25) is 0 Å². The lowest BCUT2D eigenvalue weighted by Crippen LogP contribution is -1.99. The van der Waals surface area contributed by atoms with E-state index in [-0.39, 0.29) is 0 Å². The van der Waals surface area contributed by atoms with E-state index in [0.29, 0.717) is 11.8 Å². The first-order valence-corrected chi connectivity index (χ1v) is 7.83. The fourth-order valence-electron chi connectivity index (χ4n) is 3.47. The number of hydrogen-bond acceptors (Lipinski definition) is 3. The van der Waals surface area contributed by atoms with E-state index in [2.05, 4.69) is 40.3 Å². The first-order valence-electron chi connectivity index (χ1n) is 7.83. The van der Waals surface area contributed by atoms with Crippen molar-refractivity contribution in [3.05, 3.63) is 71.9 Å². The number of nitrogens with one attached hydrogen (secondary N) is 1. The molecule has 0 unspecified atom stereocenters. The van der Waals surface area contributed by atoms with Gasteiger partial charge in [-0.15, -0.1) is 0 Å². The van der Waals surface area contributed by atoms with E-state index in [1.165, 1.54) is 11.1 Å². The highest BCUT2D eigenvalue weighted by molar-refractivity contribution is 5.80. The Morgan fingerprint density at radius 3 is 2.61 bits per heavy atom. The standard InChI is InChI=1S/C19H15N3O/c1-2-4-13-10-15(9-12(13)3-1)18-21-16-6-5-14(11-17(16)22-18)19-20-7-8-23-19/h1-8,11,15H,9-10H2,(H,21,22). The molecule has 0 amide bonds. The summed E-state index contributed by atoms with van der Waals surface area (Å²) in [5.41, 5.74) is 5.88. The van der Waals surface area contributed by atoms with Crippen molar-refractivity contribution >= 4 is 11.0 Å². The lowest BCUT2D eigenvalue weighted by Gasteiger charge is -2.03. The van der Waals surface area contributed by atoms with E-state index in [1.54, 1.807) is 12.5 Å². The average Bonchev–Trinajstić information content (AvgIpc) is 3.31. The number of imidazole rings is 1.